The Bertz CT molecular complexity index is 533. The fraction of sp³-hybridized carbons (Fsp3) is 0.857. The van der Waals surface area contributed by atoms with Crippen LogP contribution in [0.1, 0.15) is 128 Å². The van der Waals surface area contributed by atoms with Crippen molar-refractivity contribution in [3.63, 3.8) is 0 Å². The molecule has 9 heteroatoms. The van der Waals surface area contributed by atoms with E-state index in [1.54, 1.807) is 0 Å². The minimum Gasteiger partial charge on any atom is -0.550 e. The zero-order valence-corrected chi connectivity index (χ0v) is 26.1. The van der Waals surface area contributed by atoms with E-state index in [4.69, 9.17) is 0 Å². The van der Waals surface area contributed by atoms with Crippen molar-refractivity contribution in [3.05, 3.63) is 0 Å². The van der Waals surface area contributed by atoms with E-state index in [9.17, 15) is 39.6 Å². The molecule has 0 radical (unpaired) electrons. The summed E-state index contributed by atoms with van der Waals surface area (Å²) in [6.45, 7) is 0. The summed E-state index contributed by atoms with van der Waals surface area (Å²) in [4.78, 5) is 41.0. The molecule has 4 aliphatic rings. The Kier molecular flexibility index (Phi) is 21.0. The minimum absolute atomic E-state index is 0. The molecule has 0 N–H and O–H groups in total. The second kappa shape index (κ2) is 21.7. The fourth-order valence-corrected chi connectivity index (χ4v) is 5.35. The Labute approximate surface area is 242 Å². The summed E-state index contributed by atoms with van der Waals surface area (Å²) in [7, 11) is 0. The van der Waals surface area contributed by atoms with Crippen LogP contribution in [-0.2, 0) is 19.2 Å². The third kappa shape index (κ3) is 17.1. The van der Waals surface area contributed by atoms with E-state index in [-0.39, 0.29) is 51.0 Å². The van der Waals surface area contributed by atoms with Crippen LogP contribution in [0.2, 0.25) is 0 Å². The molecule has 0 saturated heterocycles. The van der Waals surface area contributed by atoms with Crippen molar-refractivity contribution in [1.82, 2.24) is 0 Å². The number of rotatable bonds is 4. The minimum atomic E-state index is -0.852. The molecule has 4 aliphatic carbocycles. The van der Waals surface area contributed by atoms with Gasteiger partial charge >= 0.3 is 27.3 Å². The van der Waals surface area contributed by atoms with E-state index < -0.39 is 23.9 Å². The molecule has 0 amide bonds. The van der Waals surface area contributed by atoms with Crippen molar-refractivity contribution >= 4 is 51.2 Å². The second-order valence-corrected chi connectivity index (χ2v) is 10.6. The predicted molar refractivity (Wildman–Crippen MR) is 132 cm³/mol. The largest absolute Gasteiger partial charge is 4.00 e. The Hall–Kier alpha value is -1.20. The van der Waals surface area contributed by atoms with Gasteiger partial charge in [-0.3, -0.25) is 0 Å². The summed E-state index contributed by atoms with van der Waals surface area (Å²) in [5, 5.41) is 41.0. The van der Waals surface area contributed by atoms with Gasteiger partial charge in [0.1, 0.15) is 0 Å². The third-order valence-electron chi connectivity index (χ3n) is 7.75. The maximum absolute atomic E-state index is 10.2. The summed E-state index contributed by atoms with van der Waals surface area (Å²) in [5.74, 6) is -3.97. The molecule has 0 aromatic carbocycles. The number of aliphatic carboxylic acids is 4. The van der Waals surface area contributed by atoms with Crippen LogP contribution in [0.3, 0.4) is 0 Å². The molecule has 4 rings (SSSR count). The molecule has 208 valence electrons. The van der Waals surface area contributed by atoms with Gasteiger partial charge in [0.2, 0.25) is 0 Å². The molecule has 4 saturated carbocycles. The summed E-state index contributed by atoms with van der Waals surface area (Å²) in [6.07, 6.45) is 20.0. The normalized spacial score (nSPS) is 21.2. The molecule has 0 heterocycles. The zero-order valence-electron chi connectivity index (χ0n) is 22.2. The number of carboxylic acid groups (broad SMARTS) is 4. The van der Waals surface area contributed by atoms with E-state index in [2.05, 4.69) is 0 Å². The van der Waals surface area contributed by atoms with E-state index in [1.807, 2.05) is 0 Å². The van der Waals surface area contributed by atoms with E-state index in [0.717, 1.165) is 103 Å². The van der Waals surface area contributed by atoms with Gasteiger partial charge in [-0.25, -0.2) is 0 Å². The van der Waals surface area contributed by atoms with Crippen LogP contribution in [0.25, 0.3) is 0 Å². The fourth-order valence-electron chi connectivity index (χ4n) is 5.35. The van der Waals surface area contributed by atoms with Crippen molar-refractivity contribution in [1.29, 1.82) is 0 Å². The monoisotopic (exact) mass is 716 g/mol. The van der Waals surface area contributed by atoms with Crippen molar-refractivity contribution in [3.8, 4) is 0 Å². The summed E-state index contributed by atoms with van der Waals surface area (Å²) >= 11 is 0. The number of carboxylic acids is 4. The van der Waals surface area contributed by atoms with Gasteiger partial charge in [-0.15, -0.1) is 0 Å². The smallest absolute Gasteiger partial charge is 0.550 e. The Morgan fingerprint density at radius 3 is 0.541 bits per heavy atom. The number of carbonyl (C=O) groups excluding carboxylic acids is 4. The van der Waals surface area contributed by atoms with Gasteiger partial charge in [-0.1, -0.05) is 77.0 Å². The Morgan fingerprint density at radius 2 is 0.459 bits per heavy atom. The molecule has 0 aromatic heterocycles. The third-order valence-corrected chi connectivity index (χ3v) is 7.75. The molecule has 0 atom stereocenters. The quantitative estimate of drug-likeness (QED) is 0.388. The van der Waals surface area contributed by atoms with Crippen LogP contribution in [-0.4, -0.2) is 51.2 Å². The van der Waals surface area contributed by atoms with Crippen LogP contribution in [0.15, 0.2) is 0 Å². The first kappa shape index (κ1) is 35.8. The predicted octanol–water partition coefficient (Wildman–Crippen LogP) is 0.886. The van der Waals surface area contributed by atoms with Crippen LogP contribution in [0, 0.1) is 23.7 Å². The van der Waals surface area contributed by atoms with Crippen LogP contribution in [0.4, 0.5) is 0 Å². The van der Waals surface area contributed by atoms with Gasteiger partial charge < -0.3 is 39.6 Å². The van der Waals surface area contributed by atoms with Gasteiger partial charge in [-0.2, -0.15) is 0 Å². The number of hydrogen-bond donors (Lipinski definition) is 0. The van der Waals surface area contributed by atoms with E-state index in [1.165, 1.54) is 25.7 Å². The van der Waals surface area contributed by atoms with Gasteiger partial charge in [0.05, 0.1) is 0 Å². The van der Waals surface area contributed by atoms with Crippen LogP contribution >= 0.6 is 0 Å². The molecule has 0 unspecified atom stereocenters. The van der Waals surface area contributed by atoms with Crippen molar-refractivity contribution < 1.29 is 39.6 Å². The van der Waals surface area contributed by atoms with Gasteiger partial charge in [0, 0.05) is 23.9 Å². The van der Waals surface area contributed by atoms with Gasteiger partial charge in [0.15, 0.2) is 0 Å². The molecule has 4 fully saturated rings. The summed E-state index contributed by atoms with van der Waals surface area (Å²) in [5.41, 5.74) is 0. The van der Waals surface area contributed by atoms with Gasteiger partial charge in [0.25, 0.3) is 0 Å². The second-order valence-electron chi connectivity index (χ2n) is 10.6. The molecule has 0 aliphatic heterocycles. The molecular formula is C28H44O8Pb. The Morgan fingerprint density at radius 1 is 0.324 bits per heavy atom. The van der Waals surface area contributed by atoms with Gasteiger partial charge in [-0.05, 0) is 75.0 Å². The molecular weight excluding hydrogens is 672 g/mol. The molecule has 0 spiro atoms. The first-order valence-electron chi connectivity index (χ1n) is 14.1. The molecule has 0 aromatic rings. The number of hydrogen-bond acceptors (Lipinski definition) is 8. The first-order chi connectivity index (χ1) is 17.2. The van der Waals surface area contributed by atoms with E-state index in [0.29, 0.717) is 0 Å². The summed E-state index contributed by atoms with van der Waals surface area (Å²) < 4.78 is 0. The Balaban J connectivity index is 0.000000463. The average molecular weight is 716 g/mol. The van der Waals surface area contributed by atoms with Crippen LogP contribution in [0.5, 0.6) is 0 Å². The van der Waals surface area contributed by atoms with E-state index >= 15 is 0 Å². The van der Waals surface area contributed by atoms with Crippen molar-refractivity contribution in [2.75, 3.05) is 0 Å². The standard InChI is InChI=1S/4C7H12O2.Pb/c4*8-7(9)6-4-2-1-3-5-6;/h4*6H,1-5H2,(H,8,9);/q;;;;+4/p-4. The number of carbonyl (C=O) groups is 4. The average Bonchev–Trinajstić information content (AvgIpc) is 2.92. The topological polar surface area (TPSA) is 161 Å². The van der Waals surface area contributed by atoms with Crippen molar-refractivity contribution in [2.45, 2.75) is 128 Å². The SMILES string of the molecule is O=C([O-])C1CCCCC1.O=C([O-])C1CCCCC1.O=C([O-])C1CCCCC1.O=C([O-])C1CCCCC1.[Pb+4]. The summed E-state index contributed by atoms with van der Waals surface area (Å²) in [6, 6.07) is 0. The van der Waals surface area contributed by atoms with Crippen molar-refractivity contribution in [2.24, 2.45) is 23.7 Å². The first-order valence-corrected chi connectivity index (χ1v) is 14.1. The van der Waals surface area contributed by atoms with Crippen LogP contribution < -0.4 is 20.4 Å². The molecule has 0 bridgehead atoms. The molecule has 37 heavy (non-hydrogen) atoms. The molecule has 8 nitrogen and oxygen atoms in total. The maximum atomic E-state index is 10.2. The zero-order chi connectivity index (χ0) is 26.8. The maximum Gasteiger partial charge on any atom is 4.00 e.